The quantitative estimate of drug-likeness (QED) is 0.417. The standard InChI is InChI=1S/C29H38F2N4O7/c1-15(2)21(32)25(38)42-22-19(14-40-24(37)16(3)4)41-26(29(22,30)31)35-13-12-20(34-27(35)39)33-23(36)17-8-10-18(11-9-17)28(5,6)7/h8-13,15-16,19,21-22,26H,14,32H2,1-7H3,(H,33,34,36,39)/t19-,21+,22-,26-/m1/s1. The molecule has 1 aliphatic rings. The number of carbonyl (C=O) groups is 3. The number of rotatable bonds is 9. The Morgan fingerprint density at radius 3 is 2.24 bits per heavy atom. The van der Waals surface area contributed by atoms with Gasteiger partial charge in [0.1, 0.15) is 24.6 Å². The molecule has 1 aromatic heterocycles. The summed E-state index contributed by atoms with van der Waals surface area (Å²) in [6.07, 6.45) is -5.11. The molecule has 4 atom stereocenters. The molecule has 0 radical (unpaired) electrons. The molecule has 3 rings (SSSR count). The van der Waals surface area contributed by atoms with Crippen molar-refractivity contribution in [1.29, 1.82) is 0 Å². The lowest BCUT2D eigenvalue weighted by Gasteiger charge is -2.26. The zero-order chi connectivity index (χ0) is 31.6. The van der Waals surface area contributed by atoms with Gasteiger partial charge in [-0.15, -0.1) is 0 Å². The molecule has 1 fully saturated rings. The van der Waals surface area contributed by atoms with Crippen LogP contribution >= 0.6 is 0 Å². The topological polar surface area (TPSA) is 152 Å². The number of nitrogens with one attached hydrogen (secondary N) is 1. The molecule has 11 nitrogen and oxygen atoms in total. The smallest absolute Gasteiger partial charge is 0.351 e. The monoisotopic (exact) mass is 592 g/mol. The fourth-order valence-electron chi connectivity index (χ4n) is 4.03. The van der Waals surface area contributed by atoms with E-state index in [0.29, 0.717) is 10.1 Å². The number of amides is 1. The van der Waals surface area contributed by atoms with Crippen LogP contribution in [0, 0.1) is 11.8 Å². The van der Waals surface area contributed by atoms with Gasteiger partial charge in [0.15, 0.2) is 6.10 Å². The number of anilines is 1. The summed E-state index contributed by atoms with van der Waals surface area (Å²) in [5.41, 5.74) is 5.83. The van der Waals surface area contributed by atoms with Crippen molar-refractivity contribution in [2.75, 3.05) is 11.9 Å². The Hall–Kier alpha value is -3.71. The van der Waals surface area contributed by atoms with Crippen LogP contribution < -0.4 is 16.7 Å². The Balaban J connectivity index is 1.84. The number of halogens is 2. The number of nitrogens with zero attached hydrogens (tertiary/aromatic N) is 2. The Bertz CT molecular complexity index is 1350. The third-order valence-electron chi connectivity index (χ3n) is 6.78. The van der Waals surface area contributed by atoms with E-state index in [4.69, 9.17) is 19.9 Å². The summed E-state index contributed by atoms with van der Waals surface area (Å²) < 4.78 is 47.5. The molecule has 0 saturated carbocycles. The van der Waals surface area contributed by atoms with E-state index in [0.717, 1.165) is 17.8 Å². The highest BCUT2D eigenvalue weighted by atomic mass is 19.3. The van der Waals surface area contributed by atoms with Crippen LogP contribution in [0.5, 0.6) is 0 Å². The SMILES string of the molecule is CC(C)C(=O)OC[C@H]1O[C@@H](n2ccc(NC(=O)c3ccc(C(C)(C)C)cc3)nc2=O)C(F)(F)[C@@H]1OC(=O)[C@@H](N)C(C)C. The molecule has 0 bridgehead atoms. The van der Waals surface area contributed by atoms with E-state index in [2.05, 4.69) is 10.3 Å². The molecule has 230 valence electrons. The van der Waals surface area contributed by atoms with Crippen LogP contribution in [0.25, 0.3) is 0 Å². The number of alkyl halides is 2. The van der Waals surface area contributed by atoms with Crippen molar-refractivity contribution < 1.29 is 37.4 Å². The fraction of sp³-hybridized carbons (Fsp3) is 0.552. The lowest BCUT2D eigenvalue weighted by Crippen LogP contribution is -2.48. The van der Waals surface area contributed by atoms with Crippen molar-refractivity contribution in [3.63, 3.8) is 0 Å². The molecule has 2 aromatic rings. The van der Waals surface area contributed by atoms with Gasteiger partial charge >= 0.3 is 23.6 Å². The van der Waals surface area contributed by atoms with Gasteiger partial charge in [0.05, 0.1) is 5.92 Å². The van der Waals surface area contributed by atoms with E-state index < -0.39 is 72.4 Å². The number of aromatic nitrogens is 2. The second kappa shape index (κ2) is 12.7. The lowest BCUT2D eigenvalue weighted by molar-refractivity contribution is -0.179. The molecular weight excluding hydrogens is 554 g/mol. The Labute approximate surface area is 242 Å². The second-order valence-electron chi connectivity index (χ2n) is 11.9. The summed E-state index contributed by atoms with van der Waals surface area (Å²) in [6.45, 7) is 11.8. The second-order valence-corrected chi connectivity index (χ2v) is 11.9. The number of esters is 2. The number of carbonyl (C=O) groups excluding carboxylic acids is 3. The molecule has 1 aliphatic heterocycles. The van der Waals surface area contributed by atoms with E-state index in [9.17, 15) is 19.2 Å². The van der Waals surface area contributed by atoms with Crippen molar-refractivity contribution in [3.8, 4) is 0 Å². The molecule has 0 aliphatic carbocycles. The fourth-order valence-corrected chi connectivity index (χ4v) is 4.03. The van der Waals surface area contributed by atoms with Gasteiger partial charge in [0.25, 0.3) is 5.91 Å². The number of hydrogen-bond donors (Lipinski definition) is 2. The molecule has 0 spiro atoms. The Morgan fingerprint density at radius 2 is 1.71 bits per heavy atom. The van der Waals surface area contributed by atoms with Crippen molar-refractivity contribution in [1.82, 2.24) is 9.55 Å². The first-order chi connectivity index (χ1) is 19.4. The minimum Gasteiger partial charge on any atom is -0.463 e. The summed E-state index contributed by atoms with van der Waals surface area (Å²) in [5, 5.41) is 2.47. The molecule has 1 aromatic carbocycles. The van der Waals surface area contributed by atoms with Crippen molar-refractivity contribution >= 4 is 23.7 Å². The predicted octanol–water partition coefficient (Wildman–Crippen LogP) is 3.42. The maximum atomic E-state index is 15.7. The van der Waals surface area contributed by atoms with Crippen LogP contribution in [0.2, 0.25) is 0 Å². The van der Waals surface area contributed by atoms with Crippen LogP contribution in [0.4, 0.5) is 14.6 Å². The minimum atomic E-state index is -3.95. The average Bonchev–Trinajstić information content (AvgIpc) is 3.15. The largest absolute Gasteiger partial charge is 0.463 e. The first-order valence-corrected chi connectivity index (χ1v) is 13.6. The van der Waals surface area contributed by atoms with Gasteiger partial charge in [-0.2, -0.15) is 13.8 Å². The van der Waals surface area contributed by atoms with E-state index >= 15 is 8.78 Å². The van der Waals surface area contributed by atoms with E-state index in [1.165, 1.54) is 0 Å². The van der Waals surface area contributed by atoms with Gasteiger partial charge in [-0.25, -0.2) is 4.79 Å². The van der Waals surface area contributed by atoms with Gasteiger partial charge < -0.3 is 25.3 Å². The highest BCUT2D eigenvalue weighted by molar-refractivity contribution is 6.03. The molecule has 0 unspecified atom stereocenters. The van der Waals surface area contributed by atoms with Crippen molar-refractivity contribution in [2.24, 2.45) is 17.6 Å². The number of nitrogens with two attached hydrogens (primary N) is 1. The minimum absolute atomic E-state index is 0.113. The van der Waals surface area contributed by atoms with Gasteiger partial charge in [-0.3, -0.25) is 19.0 Å². The van der Waals surface area contributed by atoms with Gasteiger partial charge in [0, 0.05) is 11.8 Å². The lowest BCUT2D eigenvalue weighted by atomic mass is 9.87. The van der Waals surface area contributed by atoms with Crippen LogP contribution in [0.1, 0.15) is 70.6 Å². The molecule has 2 heterocycles. The Kier molecular flexibility index (Phi) is 9.88. The van der Waals surface area contributed by atoms with Gasteiger partial charge in [0.2, 0.25) is 6.23 Å². The number of ether oxygens (including phenoxy) is 3. The number of hydrogen-bond acceptors (Lipinski definition) is 9. The molecule has 42 heavy (non-hydrogen) atoms. The first-order valence-electron chi connectivity index (χ1n) is 13.6. The van der Waals surface area contributed by atoms with Crippen molar-refractivity contribution in [3.05, 3.63) is 58.1 Å². The van der Waals surface area contributed by atoms with E-state index in [1.807, 2.05) is 32.9 Å². The van der Waals surface area contributed by atoms with Crippen molar-refractivity contribution in [2.45, 2.75) is 84.3 Å². The van der Waals surface area contributed by atoms with Crippen LogP contribution in [-0.2, 0) is 29.2 Å². The summed E-state index contributed by atoms with van der Waals surface area (Å²) in [7, 11) is 0. The average molecular weight is 593 g/mol. The predicted molar refractivity (Wildman–Crippen MR) is 149 cm³/mol. The molecule has 13 heteroatoms. The summed E-state index contributed by atoms with van der Waals surface area (Å²) in [6, 6.07) is 6.84. The van der Waals surface area contributed by atoms with E-state index in [-0.39, 0.29) is 11.2 Å². The third kappa shape index (κ3) is 7.37. The van der Waals surface area contributed by atoms with Crippen LogP contribution in [0.15, 0.2) is 41.3 Å². The summed E-state index contributed by atoms with van der Waals surface area (Å²) >= 11 is 0. The summed E-state index contributed by atoms with van der Waals surface area (Å²) in [4.78, 5) is 53.7. The maximum absolute atomic E-state index is 15.7. The van der Waals surface area contributed by atoms with Crippen LogP contribution in [0.3, 0.4) is 0 Å². The van der Waals surface area contributed by atoms with Gasteiger partial charge in [-0.05, 0) is 35.1 Å². The first kappa shape index (κ1) is 32.8. The zero-order valence-corrected chi connectivity index (χ0v) is 24.7. The zero-order valence-electron chi connectivity index (χ0n) is 24.7. The molecule has 1 amide bonds. The maximum Gasteiger partial charge on any atom is 0.351 e. The van der Waals surface area contributed by atoms with Gasteiger partial charge in [-0.1, -0.05) is 60.6 Å². The molecular formula is C29H38F2N4O7. The van der Waals surface area contributed by atoms with Crippen LogP contribution in [-0.4, -0.2) is 58.2 Å². The highest BCUT2D eigenvalue weighted by Crippen LogP contribution is 2.44. The normalized spacial score (nSPS) is 20.8. The van der Waals surface area contributed by atoms with E-state index in [1.54, 1.807) is 39.8 Å². The molecule has 1 saturated heterocycles. The molecule has 3 N–H and O–H groups in total. The Morgan fingerprint density at radius 1 is 1.10 bits per heavy atom. The highest BCUT2D eigenvalue weighted by Gasteiger charge is 2.63. The third-order valence-corrected chi connectivity index (χ3v) is 6.78. The summed E-state index contributed by atoms with van der Waals surface area (Å²) in [5.74, 6) is -7.42. The number of benzene rings is 1.